The zero-order chi connectivity index (χ0) is 39.5. The van der Waals surface area contributed by atoms with E-state index in [0.29, 0.717) is 5.41 Å². The van der Waals surface area contributed by atoms with Gasteiger partial charge in [0.2, 0.25) is 0 Å². The molecule has 6 aliphatic carbocycles. The molecule has 0 N–H and O–H groups in total. The molecule has 13 rings (SSSR count). The van der Waals surface area contributed by atoms with Gasteiger partial charge in [-0.1, -0.05) is 134 Å². The van der Waals surface area contributed by atoms with E-state index in [0.717, 1.165) is 40.5 Å². The van der Waals surface area contributed by atoms with Crippen molar-refractivity contribution in [2.24, 2.45) is 29.1 Å². The minimum absolute atomic E-state index is 0.00861. The minimum Gasteiger partial charge on any atom is -0.454 e. The van der Waals surface area contributed by atoms with Crippen LogP contribution in [0.3, 0.4) is 0 Å². The largest absolute Gasteiger partial charge is 0.454 e. The second-order valence-corrected chi connectivity index (χ2v) is 21.7. The van der Waals surface area contributed by atoms with Crippen LogP contribution in [0.15, 0.2) is 120 Å². The molecule has 2 nitrogen and oxygen atoms in total. The van der Waals surface area contributed by atoms with Gasteiger partial charge in [-0.2, -0.15) is 0 Å². The number of nitrogens with zero attached hydrogens (tertiary/aromatic N) is 1. The summed E-state index contributed by atoms with van der Waals surface area (Å²) >= 11 is 0. The highest BCUT2D eigenvalue weighted by atomic mass is 16.3. The van der Waals surface area contributed by atoms with Crippen molar-refractivity contribution < 1.29 is 4.42 Å². The molecule has 2 spiro atoms. The summed E-state index contributed by atoms with van der Waals surface area (Å²) in [6, 6.07) is 44.9. The normalized spacial score (nSPS) is 27.4. The van der Waals surface area contributed by atoms with Crippen LogP contribution in [0.5, 0.6) is 0 Å². The zero-order valence-electron chi connectivity index (χ0n) is 35.3. The second-order valence-electron chi connectivity index (χ2n) is 21.7. The molecule has 0 radical (unpaired) electrons. The predicted molar refractivity (Wildman–Crippen MR) is 240 cm³/mol. The SMILES string of the molecule is CC(C)(C)c1cc(C(C)(C)C)c2oc3c(N(c4ccc5c(c4)C(C)(C)c4ccccc4-5)c4ccc5c(c4)C4(c6ccccc6-5)C5CC6CC7CC4C675)cccc3c2c1. The molecule has 288 valence electrons. The van der Waals surface area contributed by atoms with E-state index < -0.39 is 0 Å². The maximum Gasteiger partial charge on any atom is 0.159 e. The summed E-state index contributed by atoms with van der Waals surface area (Å²) in [6.07, 6.45) is 4.29. The number of fused-ring (bicyclic) bond motifs is 13. The lowest BCUT2D eigenvalue weighted by Crippen LogP contribution is -2.88. The summed E-state index contributed by atoms with van der Waals surface area (Å²) in [5.74, 6) is 3.51. The fourth-order valence-electron chi connectivity index (χ4n) is 14.4. The number of hydrogen-bond acceptors (Lipinski definition) is 2. The van der Waals surface area contributed by atoms with E-state index in [-0.39, 0.29) is 21.7 Å². The number of para-hydroxylation sites is 1. The van der Waals surface area contributed by atoms with E-state index in [1.54, 1.807) is 11.1 Å². The first-order valence-electron chi connectivity index (χ1n) is 22.0. The average molecular weight is 756 g/mol. The second kappa shape index (κ2) is 10.4. The summed E-state index contributed by atoms with van der Waals surface area (Å²) in [5, 5.41) is 2.39. The van der Waals surface area contributed by atoms with E-state index in [2.05, 4.69) is 176 Å². The molecule has 4 saturated carbocycles. The van der Waals surface area contributed by atoms with E-state index in [1.807, 2.05) is 0 Å². The third kappa shape index (κ3) is 3.71. The van der Waals surface area contributed by atoms with Crippen molar-refractivity contribution in [1.29, 1.82) is 0 Å². The Morgan fingerprint density at radius 2 is 1.14 bits per heavy atom. The van der Waals surface area contributed by atoms with E-state index in [4.69, 9.17) is 4.42 Å². The molecule has 0 bridgehead atoms. The van der Waals surface area contributed by atoms with Crippen molar-refractivity contribution in [3.05, 3.63) is 149 Å². The van der Waals surface area contributed by atoms with Crippen LogP contribution in [-0.2, 0) is 21.7 Å². The first kappa shape index (κ1) is 33.8. The molecule has 4 fully saturated rings. The Labute approximate surface area is 343 Å². The van der Waals surface area contributed by atoms with Crippen LogP contribution in [0.2, 0.25) is 0 Å². The number of rotatable bonds is 3. The molecular formula is C56H53NO. The van der Waals surface area contributed by atoms with Crippen LogP contribution in [0, 0.1) is 29.1 Å². The molecule has 0 saturated heterocycles. The molecule has 58 heavy (non-hydrogen) atoms. The number of anilines is 3. The van der Waals surface area contributed by atoms with E-state index >= 15 is 0 Å². The lowest BCUT2D eigenvalue weighted by Gasteiger charge is -2.92. The number of benzene rings is 6. The molecule has 7 aromatic rings. The van der Waals surface area contributed by atoms with Crippen LogP contribution < -0.4 is 4.90 Å². The smallest absolute Gasteiger partial charge is 0.159 e. The third-order valence-corrected chi connectivity index (χ3v) is 17.0. The Morgan fingerprint density at radius 3 is 1.79 bits per heavy atom. The average Bonchev–Trinajstić information content (AvgIpc) is 3.77. The van der Waals surface area contributed by atoms with Gasteiger partial charge >= 0.3 is 0 Å². The molecule has 4 unspecified atom stereocenters. The van der Waals surface area contributed by atoms with Gasteiger partial charge in [0, 0.05) is 38.5 Å². The molecule has 4 atom stereocenters. The molecule has 0 amide bonds. The quantitative estimate of drug-likeness (QED) is 0.179. The zero-order valence-corrected chi connectivity index (χ0v) is 35.3. The van der Waals surface area contributed by atoms with Gasteiger partial charge in [-0.3, -0.25) is 0 Å². The topological polar surface area (TPSA) is 16.4 Å². The molecular weight excluding hydrogens is 703 g/mol. The summed E-state index contributed by atoms with van der Waals surface area (Å²) in [5.41, 5.74) is 20.3. The van der Waals surface area contributed by atoms with Crippen LogP contribution in [-0.4, -0.2) is 0 Å². The van der Waals surface area contributed by atoms with Crippen molar-refractivity contribution in [1.82, 2.24) is 0 Å². The van der Waals surface area contributed by atoms with Crippen molar-refractivity contribution in [2.45, 2.75) is 96.3 Å². The lowest BCUT2D eigenvalue weighted by molar-refractivity contribution is -0.412. The first-order valence-corrected chi connectivity index (χ1v) is 22.0. The van der Waals surface area contributed by atoms with Gasteiger partial charge in [0.15, 0.2) is 5.58 Å². The van der Waals surface area contributed by atoms with Gasteiger partial charge < -0.3 is 9.32 Å². The van der Waals surface area contributed by atoms with Crippen LogP contribution >= 0.6 is 0 Å². The van der Waals surface area contributed by atoms with E-state index in [1.165, 1.54) is 85.9 Å². The van der Waals surface area contributed by atoms with Gasteiger partial charge in [0.05, 0.1) is 5.69 Å². The highest BCUT2D eigenvalue weighted by Crippen LogP contribution is 2.94. The number of hydrogen-bond donors (Lipinski definition) is 0. The lowest BCUT2D eigenvalue weighted by atomic mass is 9.11. The van der Waals surface area contributed by atoms with Crippen molar-refractivity contribution in [3.8, 4) is 22.3 Å². The molecule has 6 aromatic carbocycles. The maximum absolute atomic E-state index is 7.29. The van der Waals surface area contributed by atoms with Crippen LogP contribution in [0.25, 0.3) is 44.2 Å². The summed E-state index contributed by atoms with van der Waals surface area (Å²) < 4.78 is 7.29. The Bertz CT molecular complexity index is 2950. The van der Waals surface area contributed by atoms with Gasteiger partial charge in [-0.25, -0.2) is 0 Å². The fraction of sp³-hybridized carbons (Fsp3) is 0.357. The molecule has 6 aliphatic rings. The summed E-state index contributed by atoms with van der Waals surface area (Å²) in [7, 11) is 0. The molecule has 1 aromatic heterocycles. The Hall–Kier alpha value is -5.08. The summed E-state index contributed by atoms with van der Waals surface area (Å²) in [6.45, 7) is 18.7. The summed E-state index contributed by atoms with van der Waals surface area (Å²) in [4.78, 5) is 2.55. The Balaban J connectivity index is 1.07. The van der Waals surface area contributed by atoms with Gasteiger partial charge in [-0.05, 0) is 146 Å². The van der Waals surface area contributed by atoms with Gasteiger partial charge in [-0.15, -0.1) is 0 Å². The standard InChI is InChI=1S/C56H53NO/c1-52(2,3)31-25-41-40-16-13-19-47(51(40)58-50(41)46(26-31)53(4,5)6)57(34-20-22-38-36-14-9-11-17-42(36)54(7,8)44(38)29-34)35-21-23-39-37-15-10-12-18-43(37)56(45(39)30-35)48-27-32-24-33-28-49(56)55(32,33)48/h9-23,25-26,29-30,32-33,48-49H,24,27-28H2,1-8H3. The molecule has 1 heterocycles. The minimum atomic E-state index is -0.113. The highest BCUT2D eigenvalue weighted by molar-refractivity contribution is 6.11. The Morgan fingerprint density at radius 1 is 0.534 bits per heavy atom. The Kier molecular flexibility index (Phi) is 6.05. The highest BCUT2D eigenvalue weighted by Gasteiger charge is 2.90. The van der Waals surface area contributed by atoms with Crippen LogP contribution in [0.4, 0.5) is 17.1 Å². The molecule has 2 heteroatoms. The molecule has 0 aliphatic heterocycles. The van der Waals surface area contributed by atoms with E-state index in [9.17, 15) is 0 Å². The third-order valence-electron chi connectivity index (χ3n) is 17.0. The van der Waals surface area contributed by atoms with Crippen molar-refractivity contribution in [3.63, 3.8) is 0 Å². The fourth-order valence-corrected chi connectivity index (χ4v) is 14.4. The maximum atomic E-state index is 7.29. The number of furan rings is 1. The van der Waals surface area contributed by atoms with Gasteiger partial charge in [0.1, 0.15) is 5.58 Å². The van der Waals surface area contributed by atoms with Crippen LogP contribution in [0.1, 0.15) is 108 Å². The predicted octanol–water partition coefficient (Wildman–Crippen LogP) is 14.9. The van der Waals surface area contributed by atoms with Gasteiger partial charge in [0.25, 0.3) is 0 Å². The monoisotopic (exact) mass is 755 g/mol. The van der Waals surface area contributed by atoms with Crippen molar-refractivity contribution in [2.75, 3.05) is 4.90 Å². The van der Waals surface area contributed by atoms with Crippen molar-refractivity contribution >= 4 is 39.0 Å². The first-order chi connectivity index (χ1) is 27.7.